The molecule has 0 aromatic carbocycles. The van der Waals surface area contributed by atoms with Gasteiger partial charge in [0.1, 0.15) is 0 Å². The third kappa shape index (κ3) is 2.83. The van der Waals surface area contributed by atoms with Crippen molar-refractivity contribution in [3.05, 3.63) is 12.2 Å². The van der Waals surface area contributed by atoms with Crippen molar-refractivity contribution in [2.45, 2.75) is 36.0 Å². The van der Waals surface area contributed by atoms with Crippen molar-refractivity contribution in [2.24, 2.45) is 0 Å². The second kappa shape index (κ2) is 5.44. The summed E-state index contributed by atoms with van der Waals surface area (Å²) in [6.07, 6.45) is -26.8. The van der Waals surface area contributed by atoms with E-state index < -0.39 is 48.2 Å². The van der Waals surface area contributed by atoms with E-state index in [0.29, 0.717) is 0 Å². The Kier molecular flexibility index (Phi) is 5.13. The normalized spacial score (nSPS) is 17.4. The topological polar surface area (TPSA) is 0 Å². The molecule has 0 saturated heterocycles. The molecule has 0 aromatic heterocycles. The van der Waals surface area contributed by atoms with Gasteiger partial charge in [0.25, 0.3) is 18.2 Å². The van der Waals surface area contributed by atoms with Gasteiger partial charge in [-0.05, 0) is 0 Å². The lowest BCUT2D eigenvalue weighted by Crippen LogP contribution is -2.72. The fourth-order valence-corrected chi connectivity index (χ4v) is 1.23. The van der Waals surface area contributed by atoms with Crippen molar-refractivity contribution < 1.29 is 61.5 Å². The Morgan fingerprint density at radius 2 is 1.00 bits per heavy atom. The molecule has 14 heteroatoms. The van der Waals surface area contributed by atoms with E-state index in [1.807, 2.05) is 0 Å². The van der Waals surface area contributed by atoms with Gasteiger partial charge in [0.15, 0.2) is 0 Å². The molecule has 132 valence electrons. The SMILES string of the molecule is FC(F)=CC(F)(C(F)F)C(F)(F)C(F)(C(F)(F)F)C(F)(F)F. The van der Waals surface area contributed by atoms with Gasteiger partial charge in [0.05, 0.1) is 0 Å². The van der Waals surface area contributed by atoms with Crippen molar-refractivity contribution in [1.82, 2.24) is 0 Å². The van der Waals surface area contributed by atoms with Crippen LogP contribution in [-0.4, -0.2) is 36.0 Å². The summed E-state index contributed by atoms with van der Waals surface area (Å²) < 4.78 is 172. The zero-order valence-corrected chi connectivity index (χ0v) is 9.45. The van der Waals surface area contributed by atoms with E-state index in [2.05, 4.69) is 0 Å². The molecule has 0 fully saturated rings. The molecule has 0 aromatic rings. The summed E-state index contributed by atoms with van der Waals surface area (Å²) in [5, 5.41) is 0. The number of halogens is 14. The minimum atomic E-state index is -7.84. The summed E-state index contributed by atoms with van der Waals surface area (Å²) in [5.74, 6) is -7.66. The Balaban J connectivity index is 6.64. The van der Waals surface area contributed by atoms with Gasteiger partial charge in [0.2, 0.25) is 0 Å². The van der Waals surface area contributed by atoms with Crippen LogP contribution in [0.15, 0.2) is 12.2 Å². The number of hydrogen-bond donors (Lipinski definition) is 0. The van der Waals surface area contributed by atoms with Crippen LogP contribution in [0.3, 0.4) is 0 Å². The monoisotopic (exact) mass is 364 g/mol. The first-order valence-electron chi connectivity index (χ1n) is 4.57. The van der Waals surface area contributed by atoms with Crippen molar-refractivity contribution >= 4 is 0 Å². The lowest BCUT2D eigenvalue weighted by atomic mass is 9.83. The predicted molar refractivity (Wildman–Crippen MR) is 41.0 cm³/mol. The second-order valence-electron chi connectivity index (χ2n) is 3.73. The third-order valence-electron chi connectivity index (χ3n) is 2.33. The number of rotatable bonds is 4. The zero-order valence-electron chi connectivity index (χ0n) is 9.45. The molecule has 0 rings (SSSR count). The van der Waals surface area contributed by atoms with Gasteiger partial charge in [0, 0.05) is 6.08 Å². The maximum atomic E-state index is 13.2. The van der Waals surface area contributed by atoms with Crippen LogP contribution in [-0.2, 0) is 0 Å². The first-order chi connectivity index (χ1) is 9.36. The Morgan fingerprint density at radius 1 is 0.682 bits per heavy atom. The highest BCUT2D eigenvalue weighted by Gasteiger charge is 2.90. The van der Waals surface area contributed by atoms with E-state index in [1.54, 1.807) is 0 Å². The molecule has 0 aliphatic heterocycles. The largest absolute Gasteiger partial charge is 0.437 e. The van der Waals surface area contributed by atoms with Gasteiger partial charge < -0.3 is 0 Å². The summed E-state index contributed by atoms with van der Waals surface area (Å²) >= 11 is 0. The number of hydrogen-bond acceptors (Lipinski definition) is 0. The summed E-state index contributed by atoms with van der Waals surface area (Å²) in [7, 11) is 0. The molecule has 0 spiro atoms. The molecule has 1 unspecified atom stereocenters. The fraction of sp³-hybridized carbons (Fsp3) is 0.750. The van der Waals surface area contributed by atoms with Gasteiger partial charge >= 0.3 is 23.9 Å². The van der Waals surface area contributed by atoms with Gasteiger partial charge in [-0.15, -0.1) is 0 Å². The van der Waals surface area contributed by atoms with Crippen LogP contribution in [0.2, 0.25) is 0 Å². The highest BCUT2D eigenvalue weighted by atomic mass is 19.4. The molecular formula is C8H2F14. The van der Waals surface area contributed by atoms with E-state index in [4.69, 9.17) is 0 Å². The predicted octanol–water partition coefficient (Wildman–Crippen LogP) is 5.21. The maximum Gasteiger partial charge on any atom is 0.437 e. The lowest BCUT2D eigenvalue weighted by molar-refractivity contribution is -0.416. The van der Waals surface area contributed by atoms with Crippen LogP contribution in [0, 0.1) is 0 Å². The summed E-state index contributed by atoms with van der Waals surface area (Å²) in [5.41, 5.74) is -14.4. The maximum absolute atomic E-state index is 13.2. The molecule has 0 aliphatic rings. The van der Waals surface area contributed by atoms with Gasteiger partial charge in [-0.2, -0.15) is 43.9 Å². The van der Waals surface area contributed by atoms with E-state index in [-0.39, 0.29) is 0 Å². The van der Waals surface area contributed by atoms with Gasteiger partial charge in [-0.3, -0.25) is 0 Å². The Bertz CT molecular complexity index is 409. The van der Waals surface area contributed by atoms with Crippen LogP contribution in [0.5, 0.6) is 0 Å². The third-order valence-corrected chi connectivity index (χ3v) is 2.33. The Morgan fingerprint density at radius 3 is 1.18 bits per heavy atom. The average molecular weight is 364 g/mol. The fourth-order valence-electron chi connectivity index (χ4n) is 1.23. The molecule has 22 heavy (non-hydrogen) atoms. The van der Waals surface area contributed by atoms with Crippen molar-refractivity contribution in [1.29, 1.82) is 0 Å². The van der Waals surface area contributed by atoms with Crippen LogP contribution in [0.4, 0.5) is 61.5 Å². The standard InChI is InChI=1S/C8H2F14/c9-2(10)1-4(13,3(11)12)6(15,16)5(14,7(17,18)19)8(20,21)22/h1,3H. The molecular weight excluding hydrogens is 362 g/mol. The Hall–Kier alpha value is -1.24. The van der Waals surface area contributed by atoms with E-state index in [0.717, 1.165) is 0 Å². The quantitative estimate of drug-likeness (QED) is 0.601. The smallest absolute Gasteiger partial charge is 0.226 e. The molecule has 0 heterocycles. The van der Waals surface area contributed by atoms with Crippen LogP contribution in [0.1, 0.15) is 0 Å². The molecule has 0 N–H and O–H groups in total. The highest BCUT2D eigenvalue weighted by Crippen LogP contribution is 2.60. The van der Waals surface area contributed by atoms with Gasteiger partial charge in [-0.25, -0.2) is 17.6 Å². The molecule has 0 nitrogen and oxygen atoms in total. The van der Waals surface area contributed by atoms with E-state index >= 15 is 0 Å². The molecule has 0 radical (unpaired) electrons. The molecule has 0 amide bonds. The molecule has 0 saturated carbocycles. The van der Waals surface area contributed by atoms with Crippen molar-refractivity contribution in [3.8, 4) is 0 Å². The summed E-state index contributed by atoms with van der Waals surface area (Å²) in [4.78, 5) is 0. The molecule has 0 bridgehead atoms. The zero-order chi connectivity index (χ0) is 18.4. The number of alkyl halides is 12. The number of allylic oxidation sites excluding steroid dienone is 1. The van der Waals surface area contributed by atoms with E-state index in [1.165, 1.54) is 0 Å². The second-order valence-corrected chi connectivity index (χ2v) is 3.73. The lowest BCUT2D eigenvalue weighted by Gasteiger charge is -2.41. The highest BCUT2D eigenvalue weighted by molar-refractivity contribution is 5.21. The minimum Gasteiger partial charge on any atom is -0.226 e. The van der Waals surface area contributed by atoms with Crippen molar-refractivity contribution in [3.63, 3.8) is 0 Å². The van der Waals surface area contributed by atoms with Crippen molar-refractivity contribution in [2.75, 3.05) is 0 Å². The van der Waals surface area contributed by atoms with Crippen LogP contribution < -0.4 is 0 Å². The molecule has 1 atom stereocenters. The average Bonchev–Trinajstić information content (AvgIpc) is 2.22. The van der Waals surface area contributed by atoms with Crippen LogP contribution >= 0.6 is 0 Å². The van der Waals surface area contributed by atoms with Gasteiger partial charge in [-0.1, -0.05) is 0 Å². The molecule has 0 aliphatic carbocycles. The Labute approximate surface area is 111 Å². The first-order valence-corrected chi connectivity index (χ1v) is 4.57. The summed E-state index contributed by atoms with van der Waals surface area (Å²) in [6, 6.07) is 0. The minimum absolute atomic E-state index is 2.20. The first kappa shape index (κ1) is 20.8. The summed E-state index contributed by atoms with van der Waals surface area (Å²) in [6.45, 7) is 0. The van der Waals surface area contributed by atoms with Crippen LogP contribution in [0.25, 0.3) is 0 Å². The van der Waals surface area contributed by atoms with E-state index in [9.17, 15) is 61.5 Å².